The number of carbonyl (C=O) groups excluding carboxylic acids is 2. The van der Waals surface area contributed by atoms with Crippen molar-refractivity contribution in [1.29, 1.82) is 0 Å². The smallest absolute Gasteiger partial charge is 0.410 e. The average molecular weight is 624 g/mol. The number of likely N-dealkylation sites (tertiary alicyclic amines) is 1. The van der Waals surface area contributed by atoms with Crippen LogP contribution in [0, 0.1) is 6.57 Å². The molecule has 12 nitrogen and oxygen atoms in total. The van der Waals surface area contributed by atoms with Gasteiger partial charge in [-0.3, -0.25) is 9.80 Å². The van der Waals surface area contributed by atoms with E-state index in [9.17, 15) is 14.0 Å². The Morgan fingerprint density at radius 3 is 2.53 bits per heavy atom. The van der Waals surface area contributed by atoms with E-state index in [1.807, 2.05) is 63.1 Å². The van der Waals surface area contributed by atoms with Crippen molar-refractivity contribution < 1.29 is 28.2 Å². The molecule has 2 saturated heterocycles. The van der Waals surface area contributed by atoms with Crippen LogP contribution < -0.4 is 9.64 Å². The van der Waals surface area contributed by atoms with Crippen molar-refractivity contribution in [3.8, 4) is 6.01 Å². The van der Waals surface area contributed by atoms with E-state index in [0.29, 0.717) is 57.1 Å². The van der Waals surface area contributed by atoms with Crippen LogP contribution in [0.5, 0.6) is 6.01 Å². The van der Waals surface area contributed by atoms with Crippen LogP contribution in [0.4, 0.5) is 19.8 Å². The largest absolute Gasteiger partial charge is 0.462 e. The maximum atomic E-state index is 14.0. The molecule has 4 heterocycles. The van der Waals surface area contributed by atoms with E-state index in [0.717, 1.165) is 11.1 Å². The van der Waals surface area contributed by atoms with Gasteiger partial charge >= 0.3 is 18.2 Å². The predicted molar refractivity (Wildman–Crippen MR) is 165 cm³/mol. The van der Waals surface area contributed by atoms with Gasteiger partial charge in [0.25, 0.3) is 0 Å². The number of hydrogen-bond donors (Lipinski definition) is 0. The van der Waals surface area contributed by atoms with Crippen LogP contribution in [0.25, 0.3) is 4.85 Å². The Morgan fingerprint density at radius 2 is 1.84 bits per heavy atom. The van der Waals surface area contributed by atoms with E-state index >= 15 is 0 Å². The summed E-state index contributed by atoms with van der Waals surface area (Å²) in [5.41, 5.74) is 1.79. The van der Waals surface area contributed by atoms with Gasteiger partial charge in [0.05, 0.1) is 12.2 Å². The molecule has 3 atom stereocenters. The number of likely N-dealkylation sites (N-methyl/N-ethyl adjacent to an activating group) is 1. The first-order chi connectivity index (χ1) is 21.5. The first-order valence-electron chi connectivity index (χ1n) is 15.4. The number of fused-ring (bicyclic) bond motifs is 1. The third kappa shape index (κ3) is 8.11. The number of piperazine rings is 1. The normalized spacial score (nSPS) is 22.0. The summed E-state index contributed by atoms with van der Waals surface area (Å²) in [7, 11) is 1.87. The second-order valence-electron chi connectivity index (χ2n) is 12.8. The topological polar surface area (TPSA) is 105 Å². The standard InChI is InChI=1S/C32H42FN7O5/c1-32(2,3)45-31(42)40-14-13-38(18-25(40)16-34-4)28-26-11-12-39(30(41)44-20-22-9-7-6-8-10-22)19-27(26)35-29(36-28)43-21-24-15-23(33)17-37(24)5/h6-10,23-25H,11-21H2,1-3,5H3/t23-,24-,25+/m1/s1. The summed E-state index contributed by atoms with van der Waals surface area (Å²) in [4.78, 5) is 46.4. The molecule has 3 aliphatic rings. The summed E-state index contributed by atoms with van der Waals surface area (Å²) >= 11 is 0. The lowest BCUT2D eigenvalue weighted by atomic mass is 10.0. The fourth-order valence-corrected chi connectivity index (χ4v) is 5.93. The Balaban J connectivity index is 1.36. The first-order valence-corrected chi connectivity index (χ1v) is 15.4. The Hall–Kier alpha value is -4.18. The Morgan fingerprint density at radius 1 is 1.07 bits per heavy atom. The Labute approximate surface area is 263 Å². The minimum Gasteiger partial charge on any atom is -0.462 e. The number of carbonyl (C=O) groups is 2. The molecular formula is C32H42FN7O5. The molecule has 0 saturated carbocycles. The molecular weight excluding hydrogens is 581 g/mol. The van der Waals surface area contributed by atoms with Gasteiger partial charge in [-0.05, 0) is 46.2 Å². The van der Waals surface area contributed by atoms with Crippen molar-refractivity contribution in [2.24, 2.45) is 0 Å². The fourth-order valence-electron chi connectivity index (χ4n) is 5.93. The van der Waals surface area contributed by atoms with Crippen molar-refractivity contribution in [3.05, 3.63) is 58.6 Å². The average Bonchev–Trinajstić information content (AvgIpc) is 3.34. The molecule has 0 radical (unpaired) electrons. The van der Waals surface area contributed by atoms with E-state index in [2.05, 4.69) is 9.74 Å². The number of anilines is 1. The molecule has 0 spiro atoms. The van der Waals surface area contributed by atoms with Crippen molar-refractivity contribution in [3.63, 3.8) is 0 Å². The maximum absolute atomic E-state index is 14.0. The van der Waals surface area contributed by atoms with E-state index in [4.69, 9.17) is 30.8 Å². The van der Waals surface area contributed by atoms with Crippen molar-refractivity contribution >= 4 is 18.0 Å². The van der Waals surface area contributed by atoms with Crippen LogP contribution in [0.1, 0.15) is 44.0 Å². The second-order valence-corrected chi connectivity index (χ2v) is 12.8. The molecule has 242 valence electrons. The Kier molecular flexibility index (Phi) is 9.92. The second kappa shape index (κ2) is 13.9. The molecule has 2 fully saturated rings. The van der Waals surface area contributed by atoms with Gasteiger partial charge < -0.3 is 28.9 Å². The molecule has 1 aromatic heterocycles. The van der Waals surface area contributed by atoms with Gasteiger partial charge in [-0.1, -0.05) is 30.3 Å². The zero-order chi connectivity index (χ0) is 32.1. The molecule has 3 aliphatic heterocycles. The highest BCUT2D eigenvalue weighted by Gasteiger charge is 2.38. The summed E-state index contributed by atoms with van der Waals surface area (Å²) < 4.78 is 31.3. The van der Waals surface area contributed by atoms with Crippen molar-refractivity contribution in [1.82, 2.24) is 24.7 Å². The number of halogens is 1. The number of ether oxygens (including phenoxy) is 3. The summed E-state index contributed by atoms with van der Waals surface area (Å²) in [5, 5.41) is 0. The fraction of sp³-hybridized carbons (Fsp3) is 0.594. The number of amides is 2. The zero-order valence-corrected chi connectivity index (χ0v) is 26.4. The Bertz CT molecular complexity index is 1400. The molecule has 2 amide bonds. The van der Waals surface area contributed by atoms with Crippen LogP contribution in [-0.4, -0.2) is 114 Å². The van der Waals surface area contributed by atoms with Crippen molar-refractivity contribution in [2.75, 3.05) is 57.8 Å². The molecule has 0 bridgehead atoms. The number of aromatic nitrogens is 2. The molecule has 0 unspecified atom stereocenters. The highest BCUT2D eigenvalue weighted by atomic mass is 19.1. The molecule has 0 aliphatic carbocycles. The third-order valence-electron chi connectivity index (χ3n) is 8.24. The van der Waals surface area contributed by atoms with E-state index in [-0.39, 0.29) is 38.4 Å². The third-order valence-corrected chi connectivity index (χ3v) is 8.24. The molecule has 2 aromatic rings. The van der Waals surface area contributed by atoms with Gasteiger partial charge in [0.2, 0.25) is 6.54 Å². The van der Waals surface area contributed by atoms with Gasteiger partial charge in [-0.2, -0.15) is 9.97 Å². The number of benzene rings is 1. The molecule has 13 heteroatoms. The number of hydrogen-bond acceptors (Lipinski definition) is 9. The summed E-state index contributed by atoms with van der Waals surface area (Å²) in [6.45, 7) is 15.7. The van der Waals surface area contributed by atoms with Crippen molar-refractivity contribution in [2.45, 2.75) is 70.6 Å². The van der Waals surface area contributed by atoms with E-state index in [1.54, 1.807) is 9.80 Å². The zero-order valence-electron chi connectivity index (χ0n) is 26.4. The highest BCUT2D eigenvalue weighted by Crippen LogP contribution is 2.31. The van der Waals surface area contributed by atoms with Gasteiger partial charge in [0, 0.05) is 44.3 Å². The number of alkyl halides is 1. The maximum Gasteiger partial charge on any atom is 0.410 e. The summed E-state index contributed by atoms with van der Waals surface area (Å²) in [6.07, 6.45) is -0.905. The lowest BCUT2D eigenvalue weighted by molar-refractivity contribution is 0.0155. The van der Waals surface area contributed by atoms with Gasteiger partial charge in [0.1, 0.15) is 36.8 Å². The van der Waals surface area contributed by atoms with E-state index < -0.39 is 30.0 Å². The van der Waals surface area contributed by atoms with Crippen LogP contribution >= 0.6 is 0 Å². The SMILES string of the molecule is [C-]#[N+]C[C@H]1CN(c2nc(OC[C@H]3C[C@@H](F)CN3C)nc3c2CCN(C(=O)OCc2ccccc2)C3)CCN1C(=O)OC(C)(C)C. The van der Waals surface area contributed by atoms with E-state index in [1.165, 1.54) is 0 Å². The number of nitrogens with zero attached hydrogens (tertiary/aromatic N) is 7. The van der Waals surface area contributed by atoms with Gasteiger partial charge in [-0.25, -0.2) is 20.6 Å². The van der Waals surface area contributed by atoms with Gasteiger partial charge in [0.15, 0.2) is 0 Å². The minimum absolute atomic E-state index is 0.104. The summed E-state index contributed by atoms with van der Waals surface area (Å²) in [5.74, 6) is 0.661. The lowest BCUT2D eigenvalue weighted by Gasteiger charge is -2.41. The first kappa shape index (κ1) is 32.2. The van der Waals surface area contributed by atoms with Crippen LogP contribution in [0.15, 0.2) is 30.3 Å². The van der Waals surface area contributed by atoms with Gasteiger partial charge in [-0.15, -0.1) is 0 Å². The molecule has 1 aromatic carbocycles. The molecule has 45 heavy (non-hydrogen) atoms. The minimum atomic E-state index is -0.903. The van der Waals surface area contributed by atoms with Crippen LogP contribution in [0.3, 0.4) is 0 Å². The van der Waals surface area contributed by atoms with Crippen LogP contribution in [0.2, 0.25) is 0 Å². The monoisotopic (exact) mass is 623 g/mol. The lowest BCUT2D eigenvalue weighted by Crippen LogP contribution is -2.57. The highest BCUT2D eigenvalue weighted by molar-refractivity contribution is 5.70. The predicted octanol–water partition coefficient (Wildman–Crippen LogP) is 3.94. The number of rotatable bonds is 7. The van der Waals surface area contributed by atoms with Crippen LogP contribution in [-0.2, 0) is 29.0 Å². The molecule has 0 N–H and O–H groups in total. The molecule has 5 rings (SSSR count). The quantitative estimate of drug-likeness (QED) is 0.424. The summed E-state index contributed by atoms with van der Waals surface area (Å²) in [6, 6.07) is 9.15.